The zero-order valence-electron chi connectivity index (χ0n) is 18.3. The van der Waals surface area contributed by atoms with Crippen molar-refractivity contribution in [1.82, 2.24) is 0 Å². The van der Waals surface area contributed by atoms with E-state index in [1.54, 1.807) is 0 Å². The molecule has 5 heteroatoms. The molecule has 4 nitrogen and oxygen atoms in total. The van der Waals surface area contributed by atoms with Crippen molar-refractivity contribution in [3.8, 4) is 0 Å². The Morgan fingerprint density at radius 2 is 0.520 bits per heavy atom. The molecule has 0 saturated carbocycles. The molecule has 0 bridgehead atoms. The summed E-state index contributed by atoms with van der Waals surface area (Å²) in [5.41, 5.74) is 0. The molecule has 0 atom stereocenters. The summed E-state index contributed by atoms with van der Waals surface area (Å²) in [7, 11) is 0. The van der Waals surface area contributed by atoms with E-state index in [4.69, 9.17) is 20.4 Å². The van der Waals surface area contributed by atoms with Gasteiger partial charge in [0.05, 0.1) is 0 Å². The van der Waals surface area contributed by atoms with Gasteiger partial charge in [0, 0.05) is 48.1 Å². The van der Waals surface area contributed by atoms with Crippen molar-refractivity contribution < 1.29 is 42.1 Å². The Bertz CT molecular complexity index is 147. The molecule has 0 aromatic heterocycles. The van der Waals surface area contributed by atoms with Crippen molar-refractivity contribution in [2.24, 2.45) is 23.7 Å². The van der Waals surface area contributed by atoms with Gasteiger partial charge >= 0.3 is 0 Å². The topological polar surface area (TPSA) is 80.9 Å². The molecule has 0 aromatic carbocycles. The van der Waals surface area contributed by atoms with Crippen molar-refractivity contribution in [2.75, 3.05) is 26.4 Å². The van der Waals surface area contributed by atoms with Crippen molar-refractivity contribution >= 4 is 0 Å². The van der Waals surface area contributed by atoms with Gasteiger partial charge in [0.15, 0.2) is 0 Å². The van der Waals surface area contributed by atoms with Gasteiger partial charge in [0.1, 0.15) is 0 Å². The number of hydrogen-bond acceptors (Lipinski definition) is 4. The summed E-state index contributed by atoms with van der Waals surface area (Å²) in [5.74, 6) is 2.59. The molecule has 0 fully saturated rings. The predicted molar refractivity (Wildman–Crippen MR) is 106 cm³/mol. The second-order valence-electron chi connectivity index (χ2n) is 7.62. The predicted octanol–water partition coefficient (Wildman–Crippen LogP) is 4.10. The van der Waals surface area contributed by atoms with Gasteiger partial charge in [-0.2, -0.15) is 0 Å². The molecule has 0 aliphatic rings. The van der Waals surface area contributed by atoms with Crippen LogP contribution in [0.25, 0.3) is 0 Å². The second-order valence-corrected chi connectivity index (χ2v) is 7.62. The number of rotatable bonds is 8. The maximum absolute atomic E-state index is 8.24. The van der Waals surface area contributed by atoms with E-state index >= 15 is 0 Å². The van der Waals surface area contributed by atoms with Crippen LogP contribution in [0.1, 0.15) is 81.1 Å². The van der Waals surface area contributed by atoms with Crippen LogP contribution >= 0.6 is 0 Å². The van der Waals surface area contributed by atoms with Gasteiger partial charge in [-0.25, -0.2) is 0 Å². The minimum absolute atomic E-state index is 0. The van der Waals surface area contributed by atoms with Gasteiger partial charge in [-0.1, -0.05) is 55.4 Å². The van der Waals surface area contributed by atoms with E-state index < -0.39 is 0 Å². The molecule has 0 aromatic rings. The van der Waals surface area contributed by atoms with Crippen LogP contribution in [0.15, 0.2) is 0 Å². The molecule has 4 N–H and O–H groups in total. The maximum Gasteiger partial charge on any atom is 0.0433 e. The fourth-order valence-electron chi connectivity index (χ4n) is 1.03. The molecule has 0 heterocycles. The molecular weight excluding hydrogens is 352 g/mol. The van der Waals surface area contributed by atoms with Crippen LogP contribution in [0.4, 0.5) is 0 Å². The first-order chi connectivity index (χ1) is 11.1. The summed E-state index contributed by atoms with van der Waals surface area (Å²) in [4.78, 5) is 0. The molecular formula is C20H48O4Ti. The van der Waals surface area contributed by atoms with Crippen LogP contribution in [-0.4, -0.2) is 46.9 Å². The summed E-state index contributed by atoms with van der Waals surface area (Å²) in [5, 5.41) is 32.9. The molecule has 0 unspecified atom stereocenters. The minimum Gasteiger partial charge on any atom is -0.396 e. The van der Waals surface area contributed by atoms with Crippen LogP contribution in [-0.2, 0) is 21.7 Å². The van der Waals surface area contributed by atoms with Crippen molar-refractivity contribution in [1.29, 1.82) is 0 Å². The SMILES string of the molecule is CC(C)CCO.CC(C)CCO.CC(C)CCO.CC(C)CCO.[Ti]. The number of aliphatic hydroxyl groups excluding tert-OH is 4. The van der Waals surface area contributed by atoms with E-state index in [0.29, 0.717) is 50.1 Å². The smallest absolute Gasteiger partial charge is 0.0433 e. The first-order valence-corrected chi connectivity index (χ1v) is 9.52. The van der Waals surface area contributed by atoms with Crippen LogP contribution < -0.4 is 0 Å². The van der Waals surface area contributed by atoms with Crippen LogP contribution in [0.5, 0.6) is 0 Å². The van der Waals surface area contributed by atoms with E-state index in [0.717, 1.165) is 25.7 Å². The average Bonchev–Trinajstić information content (AvgIpc) is 2.39. The molecule has 0 saturated heterocycles. The second kappa shape index (κ2) is 32.2. The summed E-state index contributed by atoms with van der Waals surface area (Å²) < 4.78 is 0. The third-order valence-corrected chi connectivity index (χ3v) is 2.83. The van der Waals surface area contributed by atoms with E-state index in [-0.39, 0.29) is 21.7 Å². The van der Waals surface area contributed by atoms with Crippen molar-refractivity contribution in [2.45, 2.75) is 81.1 Å². The van der Waals surface area contributed by atoms with Crippen molar-refractivity contribution in [3.05, 3.63) is 0 Å². The van der Waals surface area contributed by atoms with E-state index in [1.165, 1.54) is 0 Å². The van der Waals surface area contributed by atoms with E-state index in [2.05, 4.69) is 55.4 Å². The Hall–Kier alpha value is 0.554. The Kier molecular flexibility index (Phi) is 47.0. The molecule has 25 heavy (non-hydrogen) atoms. The molecule has 0 rings (SSSR count). The van der Waals surface area contributed by atoms with Crippen LogP contribution in [0.3, 0.4) is 0 Å². The molecule has 156 valence electrons. The normalized spacial score (nSPS) is 9.60. The largest absolute Gasteiger partial charge is 0.396 e. The van der Waals surface area contributed by atoms with Crippen molar-refractivity contribution in [3.63, 3.8) is 0 Å². The monoisotopic (exact) mass is 400 g/mol. The fourth-order valence-corrected chi connectivity index (χ4v) is 1.03. The quantitative estimate of drug-likeness (QED) is 0.463. The Labute approximate surface area is 173 Å². The van der Waals surface area contributed by atoms with Gasteiger partial charge in [-0.3, -0.25) is 0 Å². The van der Waals surface area contributed by atoms with Crippen LogP contribution in [0.2, 0.25) is 0 Å². The van der Waals surface area contributed by atoms with E-state index in [9.17, 15) is 0 Å². The van der Waals surface area contributed by atoms with Gasteiger partial charge in [-0.05, 0) is 49.4 Å². The standard InChI is InChI=1S/4C5H12O.Ti/c4*1-5(2)3-4-6;/h4*5-6H,3-4H2,1-2H3;. The maximum atomic E-state index is 8.24. The van der Waals surface area contributed by atoms with E-state index in [1.807, 2.05) is 0 Å². The van der Waals surface area contributed by atoms with Gasteiger partial charge in [0.25, 0.3) is 0 Å². The minimum atomic E-state index is 0. The molecule has 0 aliphatic carbocycles. The Morgan fingerprint density at radius 1 is 0.400 bits per heavy atom. The molecule has 0 amide bonds. The molecule has 0 spiro atoms. The van der Waals surface area contributed by atoms with Gasteiger partial charge < -0.3 is 20.4 Å². The zero-order valence-corrected chi connectivity index (χ0v) is 19.8. The number of hydrogen-bond donors (Lipinski definition) is 4. The average molecular weight is 400 g/mol. The third-order valence-electron chi connectivity index (χ3n) is 2.83. The Balaban J connectivity index is -0.0000000702. The first-order valence-electron chi connectivity index (χ1n) is 9.52. The van der Waals surface area contributed by atoms with Gasteiger partial charge in [0.2, 0.25) is 0 Å². The third kappa shape index (κ3) is 79.3. The summed E-state index contributed by atoms with van der Waals surface area (Å²) in [6.07, 6.45) is 3.72. The van der Waals surface area contributed by atoms with Gasteiger partial charge in [-0.15, -0.1) is 0 Å². The zero-order chi connectivity index (χ0) is 20.0. The number of aliphatic hydroxyl groups is 4. The molecule has 0 aliphatic heterocycles. The summed E-state index contributed by atoms with van der Waals surface area (Å²) in [6.45, 7) is 18.1. The van der Waals surface area contributed by atoms with Crippen LogP contribution in [0, 0.1) is 23.7 Å². The fraction of sp³-hybridized carbons (Fsp3) is 1.00. The molecule has 0 radical (unpaired) electrons. The summed E-state index contributed by atoms with van der Waals surface area (Å²) >= 11 is 0. The first kappa shape index (κ1) is 36.5. The summed E-state index contributed by atoms with van der Waals surface area (Å²) in [6, 6.07) is 0. The Morgan fingerprint density at radius 3 is 0.520 bits per heavy atom.